The Labute approximate surface area is 100 Å². The van der Waals surface area contributed by atoms with Crippen LogP contribution in [0.4, 0.5) is 0 Å². The summed E-state index contributed by atoms with van der Waals surface area (Å²) < 4.78 is 6.79. The van der Waals surface area contributed by atoms with Crippen LogP contribution in [0.1, 0.15) is 18.2 Å². The third-order valence-corrected chi connectivity index (χ3v) is 3.17. The Balaban J connectivity index is 2.23. The Morgan fingerprint density at radius 3 is 3.00 bits per heavy atom. The number of aromatic nitrogens is 2. The van der Waals surface area contributed by atoms with E-state index in [1.165, 1.54) is 0 Å². The van der Waals surface area contributed by atoms with E-state index in [4.69, 9.17) is 10.5 Å². The molecule has 1 aromatic rings. The molecule has 0 radical (unpaired) electrons. The van der Waals surface area contributed by atoms with Gasteiger partial charge in [-0.1, -0.05) is 0 Å². The van der Waals surface area contributed by atoms with Crippen LogP contribution < -0.4 is 5.73 Å². The van der Waals surface area contributed by atoms with Gasteiger partial charge in [-0.15, -0.1) is 0 Å². The molecular formula is C11H18N4O2. The van der Waals surface area contributed by atoms with Crippen molar-refractivity contribution in [3.8, 4) is 0 Å². The average Bonchev–Trinajstić information content (AvgIpc) is 2.80. The smallest absolute Gasteiger partial charge is 0.224 e. The molecule has 1 saturated heterocycles. The number of nitrogens with two attached hydrogens (primary N) is 1. The number of methoxy groups -OCH3 is 1. The molecule has 1 aromatic heterocycles. The van der Waals surface area contributed by atoms with Crippen molar-refractivity contribution >= 4 is 5.91 Å². The number of rotatable bonds is 4. The first-order valence-corrected chi connectivity index (χ1v) is 5.67. The molecule has 2 atom stereocenters. The zero-order valence-corrected chi connectivity index (χ0v) is 10.2. The maximum atomic E-state index is 11.9. The molecule has 94 valence electrons. The highest BCUT2D eigenvalue weighted by Gasteiger charge is 2.39. The summed E-state index contributed by atoms with van der Waals surface area (Å²) in [5.74, 6) is 0.0840. The molecule has 2 heterocycles. The summed E-state index contributed by atoms with van der Waals surface area (Å²) in [5.41, 5.74) is 7.02. The first kappa shape index (κ1) is 12.1. The van der Waals surface area contributed by atoms with Gasteiger partial charge in [-0.3, -0.25) is 9.48 Å². The molecule has 0 saturated carbocycles. The highest BCUT2D eigenvalue weighted by molar-refractivity contribution is 5.80. The van der Waals surface area contributed by atoms with Crippen molar-refractivity contribution in [1.82, 2.24) is 14.7 Å². The van der Waals surface area contributed by atoms with Gasteiger partial charge in [0.1, 0.15) is 0 Å². The Hall–Kier alpha value is -1.40. The Bertz CT molecular complexity index is 404. The molecule has 0 spiro atoms. The number of hydrogen-bond donors (Lipinski definition) is 1. The summed E-state index contributed by atoms with van der Waals surface area (Å²) in [6.45, 7) is 1.09. The first-order valence-electron chi connectivity index (χ1n) is 5.67. The van der Waals surface area contributed by atoms with Crippen LogP contribution in [0.2, 0.25) is 0 Å². The van der Waals surface area contributed by atoms with Crippen molar-refractivity contribution in [1.29, 1.82) is 0 Å². The molecule has 1 aliphatic rings. The SMILES string of the molecule is COCCN1C(=O)CC(N)C1c1ccnn1C. The van der Waals surface area contributed by atoms with E-state index in [2.05, 4.69) is 5.10 Å². The summed E-state index contributed by atoms with van der Waals surface area (Å²) in [4.78, 5) is 13.7. The number of carbonyl (C=O) groups is 1. The molecule has 0 aromatic carbocycles. The van der Waals surface area contributed by atoms with Gasteiger partial charge in [0.25, 0.3) is 0 Å². The van der Waals surface area contributed by atoms with Gasteiger partial charge in [-0.25, -0.2) is 0 Å². The molecule has 1 amide bonds. The zero-order valence-electron chi connectivity index (χ0n) is 10.2. The van der Waals surface area contributed by atoms with Crippen LogP contribution in [0.25, 0.3) is 0 Å². The normalized spacial score (nSPS) is 24.6. The van der Waals surface area contributed by atoms with E-state index >= 15 is 0 Å². The number of aryl methyl sites for hydroxylation is 1. The lowest BCUT2D eigenvalue weighted by molar-refractivity contribution is -0.129. The number of amides is 1. The molecule has 17 heavy (non-hydrogen) atoms. The van der Waals surface area contributed by atoms with Gasteiger partial charge in [0.2, 0.25) is 5.91 Å². The number of likely N-dealkylation sites (tertiary alicyclic amines) is 1. The zero-order chi connectivity index (χ0) is 12.4. The van der Waals surface area contributed by atoms with E-state index in [1.807, 2.05) is 13.1 Å². The second kappa shape index (κ2) is 4.85. The Morgan fingerprint density at radius 2 is 2.41 bits per heavy atom. The van der Waals surface area contributed by atoms with Crippen LogP contribution in [0.3, 0.4) is 0 Å². The maximum absolute atomic E-state index is 11.9. The molecule has 2 N–H and O–H groups in total. The minimum Gasteiger partial charge on any atom is -0.383 e. The van der Waals surface area contributed by atoms with E-state index in [0.717, 1.165) is 5.69 Å². The number of hydrogen-bond acceptors (Lipinski definition) is 4. The van der Waals surface area contributed by atoms with Crippen LogP contribution in [0, 0.1) is 0 Å². The van der Waals surface area contributed by atoms with Gasteiger partial charge in [0.05, 0.1) is 18.3 Å². The number of carbonyl (C=O) groups excluding carboxylic acids is 1. The second-order valence-corrected chi connectivity index (χ2v) is 4.27. The summed E-state index contributed by atoms with van der Waals surface area (Å²) in [6, 6.07) is 1.64. The van der Waals surface area contributed by atoms with Gasteiger partial charge >= 0.3 is 0 Å². The molecule has 0 bridgehead atoms. The molecule has 2 rings (SSSR count). The van der Waals surface area contributed by atoms with Crippen molar-refractivity contribution < 1.29 is 9.53 Å². The molecule has 0 aliphatic carbocycles. The minimum atomic E-state index is -0.172. The van der Waals surface area contributed by atoms with E-state index < -0.39 is 0 Å². The summed E-state index contributed by atoms with van der Waals surface area (Å²) >= 11 is 0. The monoisotopic (exact) mass is 238 g/mol. The van der Waals surface area contributed by atoms with Crippen molar-refractivity contribution in [3.63, 3.8) is 0 Å². The lowest BCUT2D eigenvalue weighted by atomic mass is 10.1. The molecule has 6 heteroatoms. The second-order valence-electron chi connectivity index (χ2n) is 4.27. The van der Waals surface area contributed by atoms with Crippen LogP contribution in [-0.2, 0) is 16.6 Å². The first-order chi connectivity index (χ1) is 8.15. The quantitative estimate of drug-likeness (QED) is 0.779. The largest absolute Gasteiger partial charge is 0.383 e. The molecule has 2 unspecified atom stereocenters. The van der Waals surface area contributed by atoms with Gasteiger partial charge < -0.3 is 15.4 Å². The molecule has 1 aliphatic heterocycles. The highest BCUT2D eigenvalue weighted by Crippen LogP contribution is 2.31. The fraction of sp³-hybridized carbons (Fsp3) is 0.636. The fourth-order valence-electron chi connectivity index (χ4n) is 2.32. The van der Waals surface area contributed by atoms with Gasteiger partial charge in [0, 0.05) is 39.4 Å². The summed E-state index contributed by atoms with van der Waals surface area (Å²) in [5, 5.41) is 4.13. The molecule has 6 nitrogen and oxygen atoms in total. The van der Waals surface area contributed by atoms with Gasteiger partial charge in [-0.2, -0.15) is 5.10 Å². The average molecular weight is 238 g/mol. The topological polar surface area (TPSA) is 73.4 Å². The van der Waals surface area contributed by atoms with Crippen molar-refractivity contribution in [3.05, 3.63) is 18.0 Å². The van der Waals surface area contributed by atoms with E-state index in [-0.39, 0.29) is 18.0 Å². The lowest BCUT2D eigenvalue weighted by Gasteiger charge is -2.26. The standard InChI is InChI=1S/C11H18N4O2/c1-14-9(3-4-13-14)11-8(12)7-10(16)15(11)5-6-17-2/h3-4,8,11H,5-7,12H2,1-2H3. The molecular weight excluding hydrogens is 220 g/mol. The van der Waals surface area contributed by atoms with Crippen LogP contribution in [-0.4, -0.2) is 46.9 Å². The Kier molecular flexibility index (Phi) is 3.44. The van der Waals surface area contributed by atoms with E-state index in [0.29, 0.717) is 19.6 Å². The highest BCUT2D eigenvalue weighted by atomic mass is 16.5. The summed E-state index contributed by atoms with van der Waals surface area (Å²) in [6.07, 6.45) is 2.11. The predicted molar refractivity (Wildman–Crippen MR) is 62.1 cm³/mol. The van der Waals surface area contributed by atoms with Crippen LogP contribution in [0.15, 0.2) is 12.3 Å². The third-order valence-electron chi connectivity index (χ3n) is 3.17. The molecule has 1 fully saturated rings. The van der Waals surface area contributed by atoms with Crippen molar-refractivity contribution in [2.24, 2.45) is 12.8 Å². The maximum Gasteiger partial charge on any atom is 0.224 e. The number of ether oxygens (including phenoxy) is 1. The van der Waals surface area contributed by atoms with Crippen LogP contribution in [0.5, 0.6) is 0 Å². The van der Waals surface area contributed by atoms with Crippen molar-refractivity contribution in [2.75, 3.05) is 20.3 Å². The van der Waals surface area contributed by atoms with Gasteiger partial charge in [-0.05, 0) is 6.07 Å². The minimum absolute atomic E-state index is 0.0840. The van der Waals surface area contributed by atoms with E-state index in [1.54, 1.807) is 22.9 Å². The van der Waals surface area contributed by atoms with E-state index in [9.17, 15) is 4.79 Å². The Morgan fingerprint density at radius 1 is 1.65 bits per heavy atom. The van der Waals surface area contributed by atoms with Crippen LogP contribution >= 0.6 is 0 Å². The predicted octanol–water partition coefficient (Wildman–Crippen LogP) is -0.333. The lowest BCUT2D eigenvalue weighted by Crippen LogP contribution is -2.36. The fourth-order valence-corrected chi connectivity index (χ4v) is 2.32. The summed E-state index contributed by atoms with van der Waals surface area (Å²) in [7, 11) is 3.49. The number of nitrogens with zero attached hydrogens (tertiary/aromatic N) is 3. The van der Waals surface area contributed by atoms with Gasteiger partial charge in [0.15, 0.2) is 0 Å². The third kappa shape index (κ3) is 2.18. The van der Waals surface area contributed by atoms with Crippen molar-refractivity contribution in [2.45, 2.75) is 18.5 Å².